The van der Waals surface area contributed by atoms with Crippen LogP contribution in [-0.4, -0.2) is 25.7 Å². The molecule has 2 nitrogen and oxygen atoms in total. The molecule has 0 spiro atoms. The van der Waals surface area contributed by atoms with Crippen molar-refractivity contribution in [2.24, 2.45) is 0 Å². The Hall–Kier alpha value is -0.940. The van der Waals surface area contributed by atoms with E-state index in [1.165, 1.54) is 6.07 Å². The zero-order valence-corrected chi connectivity index (χ0v) is 12.1. The maximum absolute atomic E-state index is 12.6. The highest BCUT2D eigenvalue weighted by Gasteiger charge is 2.31. The van der Waals surface area contributed by atoms with E-state index in [9.17, 15) is 13.2 Å². The molecule has 1 aromatic rings. The van der Waals surface area contributed by atoms with Crippen LogP contribution >= 0.6 is 11.6 Å². The van der Waals surface area contributed by atoms with E-state index in [-0.39, 0.29) is 5.02 Å². The summed E-state index contributed by atoms with van der Waals surface area (Å²) in [6.45, 7) is 4.58. The van der Waals surface area contributed by atoms with Gasteiger partial charge in [-0.3, -0.25) is 0 Å². The molecule has 1 fully saturated rings. The molecule has 1 aliphatic rings. The van der Waals surface area contributed by atoms with Crippen molar-refractivity contribution >= 4 is 17.3 Å². The summed E-state index contributed by atoms with van der Waals surface area (Å²) < 4.78 is 37.9. The van der Waals surface area contributed by atoms with E-state index in [1.807, 2.05) is 0 Å². The van der Waals surface area contributed by atoms with Crippen LogP contribution in [0.3, 0.4) is 0 Å². The van der Waals surface area contributed by atoms with E-state index in [1.54, 1.807) is 0 Å². The Bertz CT molecular complexity index is 462. The summed E-state index contributed by atoms with van der Waals surface area (Å²) in [6.07, 6.45) is -2.42. The van der Waals surface area contributed by atoms with Crippen LogP contribution in [0.5, 0.6) is 0 Å². The molecule has 112 valence electrons. The van der Waals surface area contributed by atoms with Crippen molar-refractivity contribution in [1.82, 2.24) is 5.32 Å². The summed E-state index contributed by atoms with van der Waals surface area (Å²) in [5.74, 6) is 0. The Balaban J connectivity index is 2.23. The molecular formula is C14H18ClF3N2. The second-order valence-electron chi connectivity index (χ2n) is 5.02. The molecule has 1 aliphatic heterocycles. The highest BCUT2D eigenvalue weighted by molar-refractivity contribution is 6.33. The summed E-state index contributed by atoms with van der Waals surface area (Å²) in [4.78, 5) is 2.07. The second kappa shape index (κ2) is 6.22. The van der Waals surface area contributed by atoms with Gasteiger partial charge in [0.2, 0.25) is 0 Å². The van der Waals surface area contributed by atoms with Crippen molar-refractivity contribution in [2.75, 3.05) is 24.5 Å². The molecule has 1 N–H and O–H groups in total. The fourth-order valence-electron chi connectivity index (χ4n) is 2.43. The van der Waals surface area contributed by atoms with Crippen molar-refractivity contribution in [3.63, 3.8) is 0 Å². The van der Waals surface area contributed by atoms with Gasteiger partial charge in [0.1, 0.15) is 0 Å². The van der Waals surface area contributed by atoms with Gasteiger partial charge in [-0.05, 0) is 37.6 Å². The molecule has 0 amide bonds. The molecule has 1 unspecified atom stereocenters. The Morgan fingerprint density at radius 1 is 1.40 bits per heavy atom. The van der Waals surface area contributed by atoms with Gasteiger partial charge in [-0.1, -0.05) is 18.5 Å². The van der Waals surface area contributed by atoms with Gasteiger partial charge >= 0.3 is 6.18 Å². The number of halogens is 4. The Morgan fingerprint density at radius 3 is 2.75 bits per heavy atom. The van der Waals surface area contributed by atoms with Crippen LogP contribution < -0.4 is 10.2 Å². The quantitative estimate of drug-likeness (QED) is 0.890. The number of nitrogens with zero attached hydrogens (tertiary/aromatic N) is 1. The number of nitrogens with one attached hydrogen (secondary N) is 1. The maximum Gasteiger partial charge on any atom is 0.416 e. The molecule has 2 rings (SSSR count). The predicted octanol–water partition coefficient (Wildman–Crippen LogP) is 3.94. The van der Waals surface area contributed by atoms with E-state index in [0.29, 0.717) is 11.7 Å². The molecule has 0 aromatic heterocycles. The molecule has 1 heterocycles. The minimum atomic E-state index is -4.35. The number of anilines is 1. The van der Waals surface area contributed by atoms with Gasteiger partial charge < -0.3 is 10.2 Å². The number of alkyl halides is 3. The van der Waals surface area contributed by atoms with Crippen molar-refractivity contribution in [3.8, 4) is 0 Å². The van der Waals surface area contributed by atoms with Gasteiger partial charge in [0.25, 0.3) is 0 Å². The zero-order valence-electron chi connectivity index (χ0n) is 11.3. The highest BCUT2D eigenvalue weighted by atomic mass is 35.5. The first-order chi connectivity index (χ1) is 9.41. The third kappa shape index (κ3) is 3.58. The van der Waals surface area contributed by atoms with Crippen LogP contribution in [0.4, 0.5) is 18.9 Å². The molecule has 1 aromatic carbocycles. The van der Waals surface area contributed by atoms with Crippen LogP contribution in [0.25, 0.3) is 0 Å². The van der Waals surface area contributed by atoms with Gasteiger partial charge in [0, 0.05) is 19.1 Å². The Morgan fingerprint density at radius 2 is 2.15 bits per heavy atom. The summed E-state index contributed by atoms with van der Waals surface area (Å²) in [7, 11) is 0. The SMILES string of the molecule is CCC1CN(c2ccc(C(F)(F)F)cc2Cl)CCCN1. The van der Waals surface area contributed by atoms with Gasteiger partial charge in [0.05, 0.1) is 16.3 Å². The molecule has 0 radical (unpaired) electrons. The number of hydrogen-bond donors (Lipinski definition) is 1. The fraction of sp³-hybridized carbons (Fsp3) is 0.571. The molecule has 0 saturated carbocycles. The number of rotatable bonds is 2. The van der Waals surface area contributed by atoms with Crippen LogP contribution in [-0.2, 0) is 6.18 Å². The molecular weight excluding hydrogens is 289 g/mol. The highest BCUT2D eigenvalue weighted by Crippen LogP contribution is 2.35. The molecule has 6 heteroatoms. The van der Waals surface area contributed by atoms with E-state index in [0.717, 1.165) is 44.6 Å². The first kappa shape index (κ1) is 15.4. The average molecular weight is 307 g/mol. The molecule has 0 aliphatic carbocycles. The summed E-state index contributed by atoms with van der Waals surface area (Å²) in [5, 5.41) is 3.58. The van der Waals surface area contributed by atoms with E-state index < -0.39 is 11.7 Å². The Labute approximate surface area is 121 Å². The monoisotopic (exact) mass is 306 g/mol. The Kier molecular flexibility index (Phi) is 4.81. The summed E-state index contributed by atoms with van der Waals surface area (Å²) >= 11 is 6.05. The van der Waals surface area contributed by atoms with Gasteiger partial charge in [-0.25, -0.2) is 0 Å². The van der Waals surface area contributed by atoms with E-state index in [2.05, 4.69) is 17.1 Å². The predicted molar refractivity (Wildman–Crippen MR) is 75.4 cm³/mol. The average Bonchev–Trinajstić information content (AvgIpc) is 2.62. The third-order valence-corrected chi connectivity index (χ3v) is 3.89. The van der Waals surface area contributed by atoms with Crippen LogP contribution in [0, 0.1) is 0 Å². The van der Waals surface area contributed by atoms with Crippen molar-refractivity contribution in [1.29, 1.82) is 0 Å². The fourth-order valence-corrected chi connectivity index (χ4v) is 2.73. The lowest BCUT2D eigenvalue weighted by molar-refractivity contribution is -0.137. The summed E-state index contributed by atoms with van der Waals surface area (Å²) in [6, 6.07) is 3.93. The van der Waals surface area contributed by atoms with Crippen molar-refractivity contribution < 1.29 is 13.2 Å². The third-order valence-electron chi connectivity index (χ3n) is 3.59. The lowest BCUT2D eigenvalue weighted by Crippen LogP contribution is -2.37. The minimum Gasteiger partial charge on any atom is -0.369 e. The van der Waals surface area contributed by atoms with Gasteiger partial charge in [-0.15, -0.1) is 0 Å². The van der Waals surface area contributed by atoms with Crippen LogP contribution in [0.1, 0.15) is 25.3 Å². The van der Waals surface area contributed by atoms with Gasteiger partial charge in [-0.2, -0.15) is 13.2 Å². The molecule has 1 saturated heterocycles. The molecule has 20 heavy (non-hydrogen) atoms. The number of hydrogen-bond acceptors (Lipinski definition) is 2. The summed E-state index contributed by atoms with van der Waals surface area (Å²) in [5.41, 5.74) is -0.0203. The van der Waals surface area contributed by atoms with E-state index >= 15 is 0 Å². The molecule has 1 atom stereocenters. The lowest BCUT2D eigenvalue weighted by atomic mass is 10.1. The smallest absolute Gasteiger partial charge is 0.369 e. The van der Waals surface area contributed by atoms with E-state index in [4.69, 9.17) is 11.6 Å². The molecule has 0 bridgehead atoms. The number of benzene rings is 1. The zero-order chi connectivity index (χ0) is 14.8. The topological polar surface area (TPSA) is 15.3 Å². The van der Waals surface area contributed by atoms with Crippen molar-refractivity contribution in [3.05, 3.63) is 28.8 Å². The first-order valence-corrected chi connectivity index (χ1v) is 7.14. The largest absolute Gasteiger partial charge is 0.416 e. The standard InChI is InChI=1S/C14H18ClF3N2/c1-2-11-9-20(7-3-6-19-11)13-5-4-10(8-12(13)15)14(16,17)18/h4-5,8,11,19H,2-3,6-7,9H2,1H3. The maximum atomic E-state index is 12.6. The van der Waals surface area contributed by atoms with Crippen molar-refractivity contribution in [2.45, 2.75) is 32.0 Å². The van der Waals surface area contributed by atoms with Crippen LogP contribution in [0.15, 0.2) is 18.2 Å². The van der Waals surface area contributed by atoms with Gasteiger partial charge in [0.15, 0.2) is 0 Å². The van der Waals surface area contributed by atoms with Crippen LogP contribution in [0.2, 0.25) is 5.02 Å². The minimum absolute atomic E-state index is 0.163. The lowest BCUT2D eigenvalue weighted by Gasteiger charge is -2.27. The second-order valence-corrected chi connectivity index (χ2v) is 5.43. The normalized spacial score (nSPS) is 20.9. The first-order valence-electron chi connectivity index (χ1n) is 6.77.